The molecule has 0 aliphatic heterocycles. The first kappa shape index (κ1) is 14.9. The van der Waals surface area contributed by atoms with Crippen LogP contribution in [0.15, 0.2) is 24.3 Å². The van der Waals surface area contributed by atoms with E-state index in [1.54, 1.807) is 0 Å². The molecule has 2 atom stereocenters. The minimum Gasteiger partial charge on any atom is -0.488 e. The number of hydrogen-bond donors (Lipinski definition) is 2. The highest BCUT2D eigenvalue weighted by atomic mass is 16.5. The van der Waals surface area contributed by atoms with Gasteiger partial charge in [-0.25, -0.2) is 0 Å². The van der Waals surface area contributed by atoms with Gasteiger partial charge in [0.1, 0.15) is 5.75 Å². The third kappa shape index (κ3) is 3.73. The second-order valence-corrected chi connectivity index (χ2v) is 5.66. The van der Waals surface area contributed by atoms with E-state index in [1.165, 1.54) is 12.8 Å². The van der Waals surface area contributed by atoms with Gasteiger partial charge in [0.25, 0.3) is 0 Å². The second kappa shape index (κ2) is 6.75. The summed E-state index contributed by atoms with van der Waals surface area (Å²) in [5, 5.41) is 2.92. The van der Waals surface area contributed by atoms with E-state index in [9.17, 15) is 4.79 Å². The summed E-state index contributed by atoms with van der Waals surface area (Å²) in [5.41, 5.74) is 6.50. The van der Waals surface area contributed by atoms with Crippen molar-refractivity contribution >= 4 is 11.6 Å². The van der Waals surface area contributed by atoms with Gasteiger partial charge in [-0.3, -0.25) is 4.79 Å². The van der Waals surface area contributed by atoms with E-state index in [2.05, 4.69) is 5.32 Å². The molecule has 1 aliphatic rings. The van der Waals surface area contributed by atoms with Gasteiger partial charge in [0.15, 0.2) is 0 Å². The zero-order valence-corrected chi connectivity index (χ0v) is 12.3. The van der Waals surface area contributed by atoms with Crippen LogP contribution in [0.5, 0.6) is 5.75 Å². The minimum atomic E-state index is -0.227. The van der Waals surface area contributed by atoms with Crippen molar-refractivity contribution in [1.29, 1.82) is 0 Å². The van der Waals surface area contributed by atoms with Gasteiger partial charge in [-0.05, 0) is 44.7 Å². The predicted octanol–water partition coefficient (Wildman–Crippen LogP) is 2.93. The Balaban J connectivity index is 2.05. The quantitative estimate of drug-likeness (QED) is 0.869. The van der Waals surface area contributed by atoms with Crippen LogP contribution in [0.25, 0.3) is 0 Å². The lowest BCUT2D eigenvalue weighted by Gasteiger charge is -2.19. The SMILES string of the molecule is CC(N)C(C)C(=O)Nc1ccccc1OC1CCCC1. The Bertz CT molecular complexity index is 454. The maximum absolute atomic E-state index is 12.1. The van der Waals surface area contributed by atoms with E-state index in [0.717, 1.165) is 24.3 Å². The maximum Gasteiger partial charge on any atom is 0.228 e. The zero-order valence-electron chi connectivity index (χ0n) is 12.3. The number of amides is 1. The predicted molar refractivity (Wildman–Crippen MR) is 80.8 cm³/mol. The molecule has 20 heavy (non-hydrogen) atoms. The summed E-state index contributed by atoms with van der Waals surface area (Å²) in [4.78, 5) is 12.1. The van der Waals surface area contributed by atoms with Crippen molar-refractivity contribution in [1.82, 2.24) is 0 Å². The topological polar surface area (TPSA) is 64.4 Å². The van der Waals surface area contributed by atoms with E-state index < -0.39 is 0 Å². The van der Waals surface area contributed by atoms with Gasteiger partial charge in [0.05, 0.1) is 17.7 Å². The standard InChI is InChI=1S/C16H24N2O2/c1-11(12(2)17)16(19)18-14-9-5-6-10-15(14)20-13-7-3-4-8-13/h5-6,9-13H,3-4,7-8,17H2,1-2H3,(H,18,19). The molecule has 1 amide bonds. The van der Waals surface area contributed by atoms with Gasteiger partial charge in [0.2, 0.25) is 5.91 Å². The Kier molecular flexibility index (Phi) is 5.01. The van der Waals surface area contributed by atoms with Gasteiger partial charge >= 0.3 is 0 Å². The van der Waals surface area contributed by atoms with Crippen molar-refractivity contribution in [2.75, 3.05) is 5.32 Å². The van der Waals surface area contributed by atoms with Crippen molar-refractivity contribution in [2.45, 2.75) is 51.7 Å². The summed E-state index contributed by atoms with van der Waals surface area (Å²) in [6.45, 7) is 3.67. The summed E-state index contributed by atoms with van der Waals surface area (Å²) < 4.78 is 6.00. The van der Waals surface area contributed by atoms with Crippen LogP contribution in [-0.2, 0) is 4.79 Å². The highest BCUT2D eigenvalue weighted by Crippen LogP contribution is 2.30. The first-order chi connectivity index (χ1) is 9.58. The lowest BCUT2D eigenvalue weighted by Crippen LogP contribution is -2.34. The summed E-state index contributed by atoms with van der Waals surface area (Å²) in [5.74, 6) is 0.460. The van der Waals surface area contributed by atoms with E-state index in [1.807, 2.05) is 38.1 Å². The average Bonchev–Trinajstić information content (AvgIpc) is 2.92. The van der Waals surface area contributed by atoms with Gasteiger partial charge in [0, 0.05) is 6.04 Å². The molecule has 2 rings (SSSR count). The van der Waals surface area contributed by atoms with Crippen molar-refractivity contribution in [3.63, 3.8) is 0 Å². The molecule has 0 aromatic heterocycles. The van der Waals surface area contributed by atoms with Crippen LogP contribution in [0.3, 0.4) is 0 Å². The van der Waals surface area contributed by atoms with Gasteiger partial charge < -0.3 is 15.8 Å². The molecular weight excluding hydrogens is 252 g/mol. The number of ether oxygens (including phenoxy) is 1. The Morgan fingerprint density at radius 2 is 1.95 bits per heavy atom. The Morgan fingerprint density at radius 3 is 2.60 bits per heavy atom. The smallest absolute Gasteiger partial charge is 0.228 e. The number of carbonyl (C=O) groups is 1. The summed E-state index contributed by atoms with van der Waals surface area (Å²) in [6, 6.07) is 7.43. The van der Waals surface area contributed by atoms with Crippen LogP contribution < -0.4 is 15.8 Å². The highest BCUT2D eigenvalue weighted by Gasteiger charge is 2.21. The minimum absolute atomic E-state index is 0.0672. The third-order valence-corrected chi connectivity index (χ3v) is 3.94. The number of carbonyl (C=O) groups excluding carboxylic acids is 1. The molecule has 110 valence electrons. The van der Waals surface area contributed by atoms with E-state index >= 15 is 0 Å². The Morgan fingerprint density at radius 1 is 1.30 bits per heavy atom. The largest absolute Gasteiger partial charge is 0.488 e. The number of rotatable bonds is 5. The molecule has 3 N–H and O–H groups in total. The molecule has 1 saturated carbocycles. The first-order valence-electron chi connectivity index (χ1n) is 7.40. The van der Waals surface area contributed by atoms with E-state index in [0.29, 0.717) is 0 Å². The summed E-state index contributed by atoms with van der Waals surface area (Å²) >= 11 is 0. The highest BCUT2D eigenvalue weighted by molar-refractivity contribution is 5.94. The first-order valence-corrected chi connectivity index (χ1v) is 7.40. The van der Waals surface area contributed by atoms with Crippen molar-refractivity contribution < 1.29 is 9.53 Å². The average molecular weight is 276 g/mol. The fraction of sp³-hybridized carbons (Fsp3) is 0.562. The van der Waals surface area contributed by atoms with Crippen molar-refractivity contribution in [2.24, 2.45) is 11.7 Å². The monoisotopic (exact) mass is 276 g/mol. The molecule has 1 aliphatic carbocycles. The van der Waals surface area contributed by atoms with Crippen LogP contribution >= 0.6 is 0 Å². The fourth-order valence-electron chi connectivity index (χ4n) is 2.34. The number of nitrogens with one attached hydrogen (secondary N) is 1. The Hall–Kier alpha value is -1.55. The molecule has 2 unspecified atom stereocenters. The molecule has 0 radical (unpaired) electrons. The molecule has 4 heteroatoms. The zero-order chi connectivity index (χ0) is 14.5. The number of hydrogen-bond acceptors (Lipinski definition) is 3. The lowest BCUT2D eigenvalue weighted by molar-refractivity contribution is -0.119. The number of nitrogens with two attached hydrogens (primary N) is 1. The van der Waals surface area contributed by atoms with E-state index in [4.69, 9.17) is 10.5 Å². The van der Waals surface area contributed by atoms with Crippen molar-refractivity contribution in [3.05, 3.63) is 24.3 Å². The van der Waals surface area contributed by atoms with Gasteiger partial charge in [-0.1, -0.05) is 19.1 Å². The fourth-order valence-corrected chi connectivity index (χ4v) is 2.34. The number of para-hydroxylation sites is 2. The van der Waals surface area contributed by atoms with Crippen LogP contribution in [0.4, 0.5) is 5.69 Å². The molecular formula is C16H24N2O2. The number of benzene rings is 1. The van der Waals surface area contributed by atoms with E-state index in [-0.39, 0.29) is 24.0 Å². The second-order valence-electron chi connectivity index (χ2n) is 5.66. The van der Waals surface area contributed by atoms with Crippen LogP contribution in [0.1, 0.15) is 39.5 Å². The lowest BCUT2D eigenvalue weighted by atomic mass is 10.0. The molecule has 0 spiro atoms. The normalized spacial score (nSPS) is 18.6. The van der Waals surface area contributed by atoms with Gasteiger partial charge in [-0.15, -0.1) is 0 Å². The molecule has 1 aromatic carbocycles. The molecule has 0 heterocycles. The molecule has 0 bridgehead atoms. The molecule has 1 fully saturated rings. The van der Waals surface area contributed by atoms with Crippen LogP contribution in [0, 0.1) is 5.92 Å². The molecule has 0 saturated heterocycles. The molecule has 1 aromatic rings. The maximum atomic E-state index is 12.1. The molecule has 4 nitrogen and oxygen atoms in total. The summed E-state index contributed by atoms with van der Waals surface area (Å²) in [6.07, 6.45) is 4.91. The van der Waals surface area contributed by atoms with Crippen molar-refractivity contribution in [3.8, 4) is 5.75 Å². The van der Waals surface area contributed by atoms with Crippen LogP contribution in [0.2, 0.25) is 0 Å². The Labute approximate surface area is 120 Å². The number of anilines is 1. The van der Waals surface area contributed by atoms with Crippen LogP contribution in [-0.4, -0.2) is 18.1 Å². The van der Waals surface area contributed by atoms with Gasteiger partial charge in [-0.2, -0.15) is 0 Å². The third-order valence-electron chi connectivity index (χ3n) is 3.94. The summed E-state index contributed by atoms with van der Waals surface area (Å²) in [7, 11) is 0.